The summed E-state index contributed by atoms with van der Waals surface area (Å²) in [6.45, 7) is 1.57. The van der Waals surface area contributed by atoms with E-state index in [1.54, 1.807) is 0 Å². The van der Waals surface area contributed by atoms with Crippen molar-refractivity contribution < 1.29 is 29.1 Å². The zero-order chi connectivity index (χ0) is 22.7. The number of benzene rings is 2. The van der Waals surface area contributed by atoms with Crippen LogP contribution in [0.3, 0.4) is 0 Å². The second-order valence-electron chi connectivity index (χ2n) is 8.24. The molecule has 32 heavy (non-hydrogen) atoms. The molecule has 1 unspecified atom stereocenters. The molecule has 0 saturated heterocycles. The molecule has 2 aromatic rings. The van der Waals surface area contributed by atoms with Crippen molar-refractivity contribution in [3.8, 4) is 11.1 Å². The monoisotopic (exact) mass is 438 g/mol. The van der Waals surface area contributed by atoms with Gasteiger partial charge in [-0.3, -0.25) is 9.63 Å². The summed E-state index contributed by atoms with van der Waals surface area (Å²) in [6, 6.07) is 16.1. The standard InChI is InChI=1S/C24H26N2O6/c1-14(23(28)29)32-26-22(27)15-10-11-16(12-15)25-24(30)31-13-21-19-8-4-2-6-17(19)18-7-3-5-9-20(18)21/h2-9,14-16,21H,10-13H2,1H3,(H,25,30)(H,26,27)(H,28,29)/t14?,15-,16+/m0/s1. The third-order valence-corrected chi connectivity index (χ3v) is 6.15. The van der Waals surface area contributed by atoms with E-state index in [0.29, 0.717) is 19.3 Å². The highest BCUT2D eigenvalue weighted by Gasteiger charge is 2.33. The predicted molar refractivity (Wildman–Crippen MR) is 116 cm³/mol. The van der Waals surface area contributed by atoms with Crippen molar-refractivity contribution in [3.63, 3.8) is 0 Å². The number of alkyl carbamates (subject to hydrolysis) is 1. The van der Waals surface area contributed by atoms with Crippen molar-refractivity contribution in [2.75, 3.05) is 6.61 Å². The van der Waals surface area contributed by atoms with Gasteiger partial charge in [0.15, 0.2) is 6.10 Å². The third kappa shape index (κ3) is 4.60. The number of ether oxygens (including phenoxy) is 1. The maximum absolute atomic E-state index is 12.4. The molecule has 2 amide bonds. The van der Waals surface area contributed by atoms with E-state index < -0.39 is 18.2 Å². The van der Waals surface area contributed by atoms with Gasteiger partial charge in [-0.15, -0.1) is 0 Å². The second-order valence-corrected chi connectivity index (χ2v) is 8.24. The van der Waals surface area contributed by atoms with Crippen LogP contribution < -0.4 is 10.8 Å². The fourth-order valence-corrected chi connectivity index (χ4v) is 4.44. The van der Waals surface area contributed by atoms with Crippen LogP contribution in [0, 0.1) is 5.92 Å². The minimum absolute atomic E-state index is 0.0105. The van der Waals surface area contributed by atoms with Crippen molar-refractivity contribution >= 4 is 18.0 Å². The number of fused-ring (bicyclic) bond motifs is 3. The minimum atomic E-state index is -1.16. The second kappa shape index (κ2) is 9.40. The average molecular weight is 438 g/mol. The molecule has 2 aromatic carbocycles. The molecule has 4 rings (SSSR count). The van der Waals surface area contributed by atoms with Crippen molar-refractivity contribution in [1.82, 2.24) is 10.8 Å². The largest absolute Gasteiger partial charge is 0.479 e. The number of nitrogens with one attached hydrogen (secondary N) is 2. The molecule has 0 bridgehead atoms. The molecule has 1 fully saturated rings. The van der Waals surface area contributed by atoms with Gasteiger partial charge < -0.3 is 15.2 Å². The number of hydrogen-bond acceptors (Lipinski definition) is 5. The van der Waals surface area contributed by atoms with E-state index in [9.17, 15) is 14.4 Å². The molecular weight excluding hydrogens is 412 g/mol. The molecule has 3 N–H and O–H groups in total. The van der Waals surface area contributed by atoms with Crippen molar-refractivity contribution in [2.45, 2.75) is 44.2 Å². The molecular formula is C24H26N2O6. The Morgan fingerprint density at radius 3 is 2.28 bits per heavy atom. The maximum Gasteiger partial charge on any atom is 0.407 e. The Morgan fingerprint density at radius 1 is 1.03 bits per heavy atom. The van der Waals surface area contributed by atoms with Crippen LogP contribution in [0.2, 0.25) is 0 Å². The third-order valence-electron chi connectivity index (χ3n) is 6.15. The summed E-state index contributed by atoms with van der Waals surface area (Å²) in [4.78, 5) is 40.2. The van der Waals surface area contributed by atoms with Crippen LogP contribution in [0.4, 0.5) is 4.79 Å². The van der Waals surface area contributed by atoms with Gasteiger partial charge in [0, 0.05) is 17.9 Å². The minimum Gasteiger partial charge on any atom is -0.479 e. The summed E-state index contributed by atoms with van der Waals surface area (Å²) in [5.74, 6) is -1.90. The lowest BCUT2D eigenvalue weighted by molar-refractivity contribution is -0.160. The van der Waals surface area contributed by atoms with Crippen molar-refractivity contribution in [3.05, 3.63) is 59.7 Å². The van der Waals surface area contributed by atoms with Gasteiger partial charge in [-0.2, -0.15) is 0 Å². The number of carboxylic acid groups (broad SMARTS) is 1. The summed E-state index contributed by atoms with van der Waals surface area (Å²) >= 11 is 0. The van der Waals surface area contributed by atoms with Crippen LogP contribution in [0.15, 0.2) is 48.5 Å². The smallest absolute Gasteiger partial charge is 0.407 e. The van der Waals surface area contributed by atoms with Gasteiger partial charge in [0.2, 0.25) is 5.91 Å². The van der Waals surface area contributed by atoms with Gasteiger partial charge in [0.1, 0.15) is 6.61 Å². The fourth-order valence-electron chi connectivity index (χ4n) is 4.44. The lowest BCUT2D eigenvalue weighted by atomic mass is 9.98. The quantitative estimate of drug-likeness (QED) is 0.572. The molecule has 0 radical (unpaired) electrons. The number of carbonyl (C=O) groups excluding carboxylic acids is 2. The van der Waals surface area contributed by atoms with E-state index >= 15 is 0 Å². The first-order valence-corrected chi connectivity index (χ1v) is 10.7. The molecule has 1 saturated carbocycles. The Hall–Kier alpha value is -3.39. The Labute approximate surface area is 185 Å². The van der Waals surface area contributed by atoms with E-state index in [1.807, 2.05) is 24.3 Å². The maximum atomic E-state index is 12.4. The number of hydroxylamine groups is 1. The molecule has 2 aliphatic rings. The number of aliphatic carboxylic acids is 1. The SMILES string of the molecule is CC(ONC(=O)[C@H]1CC[C@@H](NC(=O)OCC2c3ccccc3-c3ccccc32)C1)C(=O)O. The van der Waals surface area contributed by atoms with Gasteiger partial charge in [0.05, 0.1) is 0 Å². The van der Waals surface area contributed by atoms with E-state index in [2.05, 4.69) is 35.1 Å². The Morgan fingerprint density at radius 2 is 1.66 bits per heavy atom. The highest BCUT2D eigenvalue weighted by atomic mass is 16.7. The topological polar surface area (TPSA) is 114 Å². The van der Waals surface area contributed by atoms with E-state index in [0.717, 1.165) is 11.1 Å². The van der Waals surface area contributed by atoms with Gasteiger partial charge in [-0.25, -0.2) is 15.1 Å². The van der Waals surface area contributed by atoms with Crippen LogP contribution in [-0.2, 0) is 19.2 Å². The van der Waals surface area contributed by atoms with Gasteiger partial charge in [-0.05, 0) is 48.4 Å². The first kappa shape index (κ1) is 21.8. The molecule has 0 aromatic heterocycles. The van der Waals surface area contributed by atoms with E-state index in [1.165, 1.54) is 18.1 Å². The number of carboxylic acids is 1. The number of carbonyl (C=O) groups is 3. The first-order valence-electron chi connectivity index (χ1n) is 10.7. The molecule has 8 nitrogen and oxygen atoms in total. The van der Waals surface area contributed by atoms with E-state index in [-0.39, 0.29) is 30.4 Å². The molecule has 8 heteroatoms. The van der Waals surface area contributed by atoms with Gasteiger partial charge in [0.25, 0.3) is 0 Å². The molecule has 0 spiro atoms. The number of amides is 2. The Kier molecular flexibility index (Phi) is 6.41. The highest BCUT2D eigenvalue weighted by Crippen LogP contribution is 2.44. The Bertz CT molecular complexity index is 978. The molecule has 168 valence electrons. The molecule has 3 atom stereocenters. The summed E-state index contributed by atoms with van der Waals surface area (Å²) in [5.41, 5.74) is 6.83. The zero-order valence-electron chi connectivity index (χ0n) is 17.7. The zero-order valence-corrected chi connectivity index (χ0v) is 17.7. The summed E-state index contributed by atoms with van der Waals surface area (Å²) in [5, 5.41) is 11.6. The first-order chi connectivity index (χ1) is 15.4. The van der Waals surface area contributed by atoms with Crippen LogP contribution in [-0.4, -0.2) is 41.8 Å². The average Bonchev–Trinajstić information content (AvgIpc) is 3.38. The van der Waals surface area contributed by atoms with Crippen molar-refractivity contribution in [2.24, 2.45) is 5.92 Å². The van der Waals surface area contributed by atoms with Crippen LogP contribution in [0.1, 0.15) is 43.2 Å². The van der Waals surface area contributed by atoms with Crippen molar-refractivity contribution in [1.29, 1.82) is 0 Å². The van der Waals surface area contributed by atoms with Crippen LogP contribution in [0.5, 0.6) is 0 Å². The number of hydrogen-bond donors (Lipinski definition) is 3. The highest BCUT2D eigenvalue weighted by molar-refractivity contribution is 5.80. The normalized spacial score (nSPS) is 20.2. The predicted octanol–water partition coefficient (Wildman–Crippen LogP) is 3.21. The van der Waals surface area contributed by atoms with Crippen LogP contribution >= 0.6 is 0 Å². The summed E-state index contributed by atoms with van der Waals surface area (Å²) < 4.78 is 5.56. The van der Waals surface area contributed by atoms with E-state index in [4.69, 9.17) is 14.7 Å². The lowest BCUT2D eigenvalue weighted by Crippen LogP contribution is -2.37. The fraction of sp³-hybridized carbons (Fsp3) is 0.375. The summed E-state index contributed by atoms with van der Waals surface area (Å²) in [7, 11) is 0. The van der Waals surface area contributed by atoms with Gasteiger partial charge >= 0.3 is 12.1 Å². The van der Waals surface area contributed by atoms with Gasteiger partial charge in [-0.1, -0.05) is 48.5 Å². The number of rotatable bonds is 7. The Balaban J connectivity index is 1.27. The summed E-state index contributed by atoms with van der Waals surface area (Å²) in [6.07, 6.45) is 0.0199. The molecule has 0 aliphatic heterocycles. The molecule has 2 aliphatic carbocycles. The molecule has 0 heterocycles. The lowest BCUT2D eigenvalue weighted by Gasteiger charge is -2.17. The van der Waals surface area contributed by atoms with Crippen LogP contribution in [0.25, 0.3) is 11.1 Å².